The van der Waals surface area contributed by atoms with Crippen molar-refractivity contribution in [3.05, 3.63) is 72.8 Å². The molecule has 1 aliphatic heterocycles. The molecular formula is C31H33NO7S2. The van der Waals surface area contributed by atoms with Gasteiger partial charge in [0.25, 0.3) is 0 Å². The second-order valence-electron chi connectivity index (χ2n) is 10.4. The highest BCUT2D eigenvalue weighted by Gasteiger charge is 2.23. The maximum absolute atomic E-state index is 12.6. The molecule has 4 aromatic carbocycles. The normalized spacial score (nSPS) is 16.0. The molecule has 8 nitrogen and oxygen atoms in total. The molecule has 0 aliphatic carbocycles. The average molecular weight is 596 g/mol. The smallest absolute Gasteiger partial charge is 0.176 e. The molecule has 0 saturated carbocycles. The van der Waals surface area contributed by atoms with Gasteiger partial charge in [0.05, 0.1) is 16.4 Å². The van der Waals surface area contributed by atoms with Gasteiger partial charge in [-0.15, -0.1) is 0 Å². The summed E-state index contributed by atoms with van der Waals surface area (Å²) in [6.07, 6.45) is 6.55. The number of piperidine rings is 1. The van der Waals surface area contributed by atoms with Crippen molar-refractivity contribution in [2.24, 2.45) is 0 Å². The lowest BCUT2D eigenvalue weighted by Gasteiger charge is -2.23. The molecule has 216 valence electrons. The highest BCUT2D eigenvalue weighted by Crippen LogP contribution is 2.42. The monoisotopic (exact) mass is 595 g/mol. The van der Waals surface area contributed by atoms with Crippen molar-refractivity contribution < 1.29 is 31.4 Å². The highest BCUT2D eigenvalue weighted by atomic mass is 32.2. The minimum absolute atomic E-state index is 0.0954. The molecule has 0 bridgehead atoms. The number of fused-ring (bicyclic) bond motifs is 1. The van der Waals surface area contributed by atoms with E-state index in [4.69, 9.17) is 9.47 Å². The number of sulfone groups is 2. The zero-order chi connectivity index (χ0) is 29.2. The van der Waals surface area contributed by atoms with Crippen molar-refractivity contribution in [1.82, 2.24) is 5.32 Å². The lowest BCUT2D eigenvalue weighted by Crippen LogP contribution is -2.35. The summed E-state index contributed by atoms with van der Waals surface area (Å²) in [4.78, 5) is -0.536. The molecule has 4 aromatic rings. The van der Waals surface area contributed by atoms with Crippen LogP contribution in [-0.2, 0) is 19.7 Å². The van der Waals surface area contributed by atoms with E-state index in [1.165, 1.54) is 31.4 Å². The standard InChI is InChI=1S/C31H33NO7S2/c1-40(34,35)29-15-7-22(20-30(29)41(2,36)37)27-13-6-21-19-24(33)8-14-28(21)31(27)39-26-11-9-25(10-12-26)38-18-16-23-5-3-4-17-32-23/h6-15,19-20,23,32-33H,3-5,16-18H2,1-2H3. The Hall–Kier alpha value is -3.60. The Balaban J connectivity index is 1.48. The molecule has 1 heterocycles. The maximum atomic E-state index is 12.6. The van der Waals surface area contributed by atoms with Gasteiger partial charge >= 0.3 is 0 Å². The van der Waals surface area contributed by atoms with Gasteiger partial charge in [-0.05, 0) is 97.4 Å². The van der Waals surface area contributed by atoms with Crippen LogP contribution in [0.4, 0.5) is 0 Å². The first kappa shape index (κ1) is 28.9. The number of ether oxygens (including phenoxy) is 2. The Bertz CT molecular complexity index is 1780. The fraction of sp³-hybridized carbons (Fsp3) is 0.290. The summed E-state index contributed by atoms with van der Waals surface area (Å²) in [6.45, 7) is 1.67. The van der Waals surface area contributed by atoms with Crippen molar-refractivity contribution in [3.8, 4) is 34.1 Å². The summed E-state index contributed by atoms with van der Waals surface area (Å²) in [5.41, 5.74) is 1.03. The van der Waals surface area contributed by atoms with E-state index in [0.29, 0.717) is 40.7 Å². The van der Waals surface area contributed by atoms with Gasteiger partial charge in [-0.2, -0.15) is 0 Å². The molecule has 1 aliphatic rings. The number of hydrogen-bond acceptors (Lipinski definition) is 8. The van der Waals surface area contributed by atoms with E-state index in [2.05, 4.69) is 5.32 Å². The summed E-state index contributed by atoms with van der Waals surface area (Å²) in [6, 6.07) is 20.4. The van der Waals surface area contributed by atoms with Crippen LogP contribution in [0.1, 0.15) is 25.7 Å². The molecule has 10 heteroatoms. The third kappa shape index (κ3) is 6.83. The molecule has 0 radical (unpaired) electrons. The van der Waals surface area contributed by atoms with Crippen molar-refractivity contribution in [1.29, 1.82) is 0 Å². The number of phenols is 1. The predicted octanol–water partition coefficient (Wildman–Crippen LogP) is 5.72. The van der Waals surface area contributed by atoms with Crippen LogP contribution in [-0.4, -0.2) is 53.6 Å². The summed E-state index contributed by atoms with van der Waals surface area (Å²) in [7, 11) is -7.64. The van der Waals surface area contributed by atoms with E-state index < -0.39 is 19.7 Å². The molecule has 0 aromatic heterocycles. The minimum atomic E-state index is -3.86. The molecule has 1 unspecified atom stereocenters. The predicted molar refractivity (Wildman–Crippen MR) is 160 cm³/mol. The van der Waals surface area contributed by atoms with Crippen molar-refractivity contribution in [2.75, 3.05) is 25.7 Å². The molecule has 0 amide bonds. The van der Waals surface area contributed by atoms with Gasteiger partial charge in [0.1, 0.15) is 23.0 Å². The van der Waals surface area contributed by atoms with Gasteiger partial charge in [0.15, 0.2) is 19.7 Å². The number of aromatic hydroxyl groups is 1. The first-order valence-electron chi connectivity index (χ1n) is 13.4. The third-order valence-electron chi connectivity index (χ3n) is 7.20. The van der Waals surface area contributed by atoms with Crippen LogP contribution >= 0.6 is 0 Å². The van der Waals surface area contributed by atoms with E-state index >= 15 is 0 Å². The van der Waals surface area contributed by atoms with Crippen molar-refractivity contribution >= 4 is 30.4 Å². The zero-order valence-electron chi connectivity index (χ0n) is 23.0. The van der Waals surface area contributed by atoms with Crippen molar-refractivity contribution in [2.45, 2.75) is 41.5 Å². The Labute approximate surface area is 240 Å². The molecule has 5 rings (SSSR count). The molecule has 0 spiro atoms. The van der Waals surface area contributed by atoms with Crippen LogP contribution in [0.2, 0.25) is 0 Å². The maximum Gasteiger partial charge on any atom is 0.176 e. The Morgan fingerprint density at radius 3 is 2.24 bits per heavy atom. The largest absolute Gasteiger partial charge is 0.508 e. The molecule has 1 saturated heterocycles. The van der Waals surface area contributed by atoms with E-state index in [9.17, 15) is 21.9 Å². The van der Waals surface area contributed by atoms with Crippen LogP contribution in [0.15, 0.2) is 82.6 Å². The van der Waals surface area contributed by atoms with E-state index in [-0.39, 0.29) is 15.5 Å². The van der Waals surface area contributed by atoms with Crippen LogP contribution in [0.25, 0.3) is 21.9 Å². The molecule has 1 atom stereocenters. The summed E-state index contributed by atoms with van der Waals surface area (Å²) < 4.78 is 62.1. The van der Waals surface area contributed by atoms with Gasteiger partial charge < -0.3 is 19.9 Å². The second kappa shape index (κ2) is 11.7. The first-order valence-corrected chi connectivity index (χ1v) is 17.2. The number of benzene rings is 4. The molecular weight excluding hydrogens is 562 g/mol. The lowest BCUT2D eigenvalue weighted by atomic mass is 9.99. The Morgan fingerprint density at radius 1 is 0.829 bits per heavy atom. The number of phenolic OH excluding ortho intramolecular Hbond substituents is 1. The quantitative estimate of drug-likeness (QED) is 0.252. The SMILES string of the molecule is CS(=O)(=O)c1ccc(-c2ccc3cc(O)ccc3c2Oc2ccc(OCCC3CCCCN3)cc2)cc1S(C)(=O)=O. The topological polar surface area (TPSA) is 119 Å². The first-order chi connectivity index (χ1) is 19.5. The fourth-order valence-electron chi connectivity index (χ4n) is 5.11. The second-order valence-corrected chi connectivity index (χ2v) is 14.4. The summed E-state index contributed by atoms with van der Waals surface area (Å²) in [5, 5.41) is 15.0. The molecule has 1 fully saturated rings. The van der Waals surface area contributed by atoms with Gasteiger partial charge in [-0.25, -0.2) is 16.8 Å². The summed E-state index contributed by atoms with van der Waals surface area (Å²) >= 11 is 0. The van der Waals surface area contributed by atoms with Crippen LogP contribution in [0.5, 0.6) is 23.0 Å². The minimum Gasteiger partial charge on any atom is -0.508 e. The van der Waals surface area contributed by atoms with E-state index in [0.717, 1.165) is 36.6 Å². The zero-order valence-corrected chi connectivity index (χ0v) is 24.6. The summed E-state index contributed by atoms with van der Waals surface area (Å²) in [5.74, 6) is 1.79. The van der Waals surface area contributed by atoms with Crippen LogP contribution in [0.3, 0.4) is 0 Å². The number of hydrogen-bond donors (Lipinski definition) is 2. The van der Waals surface area contributed by atoms with Crippen LogP contribution < -0.4 is 14.8 Å². The van der Waals surface area contributed by atoms with E-state index in [1.807, 2.05) is 12.1 Å². The van der Waals surface area contributed by atoms with Crippen molar-refractivity contribution in [3.63, 3.8) is 0 Å². The molecule has 41 heavy (non-hydrogen) atoms. The van der Waals surface area contributed by atoms with Gasteiger partial charge in [-0.1, -0.05) is 18.6 Å². The average Bonchev–Trinajstić information content (AvgIpc) is 2.93. The van der Waals surface area contributed by atoms with Gasteiger partial charge in [0.2, 0.25) is 0 Å². The van der Waals surface area contributed by atoms with Gasteiger partial charge in [-0.3, -0.25) is 0 Å². The number of nitrogens with one attached hydrogen (secondary N) is 1. The highest BCUT2D eigenvalue weighted by molar-refractivity contribution is 7.93. The number of rotatable bonds is 9. The van der Waals surface area contributed by atoms with Crippen LogP contribution in [0, 0.1) is 0 Å². The third-order valence-corrected chi connectivity index (χ3v) is 9.62. The van der Waals surface area contributed by atoms with Gasteiger partial charge in [0, 0.05) is 29.5 Å². The Morgan fingerprint density at radius 2 is 1.56 bits per heavy atom. The lowest BCUT2D eigenvalue weighted by molar-refractivity contribution is 0.268. The van der Waals surface area contributed by atoms with E-state index in [1.54, 1.807) is 48.5 Å². The fourth-order valence-corrected chi connectivity index (χ4v) is 7.53. The molecule has 2 N–H and O–H groups in total. The Kier molecular flexibility index (Phi) is 8.26.